The molecule has 0 bridgehead atoms. The van der Waals surface area contributed by atoms with Crippen molar-refractivity contribution in [3.63, 3.8) is 0 Å². The minimum Gasteiger partial charge on any atom is -0.328 e. The fourth-order valence-electron chi connectivity index (χ4n) is 3.10. The summed E-state index contributed by atoms with van der Waals surface area (Å²) in [4.78, 5) is 0. The number of benzene rings is 1. The van der Waals surface area contributed by atoms with Crippen LogP contribution in [0.15, 0.2) is 24.3 Å². The number of hydrogen-bond acceptors (Lipinski definition) is 0. The molecule has 0 aliphatic carbocycles. The van der Waals surface area contributed by atoms with Gasteiger partial charge in [0.15, 0.2) is 0 Å². The quantitative estimate of drug-likeness (QED) is 0.635. The third-order valence-electron chi connectivity index (χ3n) is 5.32. The Morgan fingerprint density at radius 2 is 0.955 bits per heavy atom. The lowest BCUT2D eigenvalue weighted by Gasteiger charge is -2.32. The zero-order valence-electron chi connectivity index (χ0n) is 16.2. The van der Waals surface area contributed by atoms with Gasteiger partial charge in [0.1, 0.15) is 0 Å². The highest BCUT2D eigenvalue weighted by atomic mass is 15.3. The summed E-state index contributed by atoms with van der Waals surface area (Å²) in [6.45, 7) is 14.0. The van der Waals surface area contributed by atoms with Crippen molar-refractivity contribution < 1.29 is 8.97 Å². The molecule has 0 saturated carbocycles. The lowest BCUT2D eigenvalue weighted by molar-refractivity contribution is -0.889. The molecule has 0 saturated heterocycles. The summed E-state index contributed by atoms with van der Waals surface area (Å²) in [6, 6.07) is 9.38. The van der Waals surface area contributed by atoms with Gasteiger partial charge in [0.25, 0.3) is 0 Å². The van der Waals surface area contributed by atoms with E-state index in [1.807, 2.05) is 0 Å². The molecular formula is C20H38N2+2. The second-order valence-electron chi connectivity index (χ2n) is 8.34. The zero-order valence-corrected chi connectivity index (χ0v) is 16.2. The van der Waals surface area contributed by atoms with Gasteiger partial charge in [-0.2, -0.15) is 0 Å². The molecule has 2 heteroatoms. The van der Waals surface area contributed by atoms with Crippen LogP contribution in [0, 0.1) is 0 Å². The molecule has 0 radical (unpaired) electrons. The summed E-state index contributed by atoms with van der Waals surface area (Å²) in [5.74, 6) is 1.23. The number of hydrogen-bond donors (Lipinski definition) is 0. The normalized spacial score (nSPS) is 15.6. The SMILES string of the molecule is CC[N+](C)(C)CC(C)c1ccc(C(C)C[N+](C)(C)CC)cc1. The predicted octanol–water partition coefficient (Wildman–Crippen LogP) is 4.09. The van der Waals surface area contributed by atoms with Crippen molar-refractivity contribution in [2.45, 2.75) is 39.5 Å². The lowest BCUT2D eigenvalue weighted by Crippen LogP contribution is -2.42. The molecule has 1 rings (SSSR count). The van der Waals surface area contributed by atoms with Crippen LogP contribution in [0.25, 0.3) is 0 Å². The van der Waals surface area contributed by atoms with Crippen LogP contribution in [-0.4, -0.2) is 63.3 Å². The average molecular weight is 307 g/mol. The third kappa shape index (κ3) is 5.73. The van der Waals surface area contributed by atoms with Gasteiger partial charge >= 0.3 is 0 Å². The Bertz CT molecular complexity index is 402. The highest BCUT2D eigenvalue weighted by Crippen LogP contribution is 2.23. The maximum Gasteiger partial charge on any atom is 0.0849 e. The number of rotatable bonds is 8. The van der Waals surface area contributed by atoms with Crippen LogP contribution >= 0.6 is 0 Å². The van der Waals surface area contributed by atoms with Crippen molar-refractivity contribution in [1.29, 1.82) is 0 Å². The molecule has 2 nitrogen and oxygen atoms in total. The van der Waals surface area contributed by atoms with Crippen LogP contribution in [0.4, 0.5) is 0 Å². The highest BCUT2D eigenvalue weighted by Gasteiger charge is 2.20. The van der Waals surface area contributed by atoms with E-state index in [0.717, 1.165) is 8.97 Å². The Kier molecular flexibility index (Phi) is 6.64. The van der Waals surface area contributed by atoms with Crippen LogP contribution < -0.4 is 0 Å². The molecule has 0 spiro atoms. The number of nitrogens with zero attached hydrogens (tertiary/aromatic N) is 2. The molecule has 0 fully saturated rings. The number of likely N-dealkylation sites (N-methyl/N-ethyl adjacent to an activating group) is 2. The van der Waals surface area contributed by atoms with E-state index in [-0.39, 0.29) is 0 Å². The lowest BCUT2D eigenvalue weighted by atomic mass is 9.94. The van der Waals surface area contributed by atoms with Crippen molar-refractivity contribution in [2.75, 3.05) is 54.4 Å². The van der Waals surface area contributed by atoms with E-state index >= 15 is 0 Å². The van der Waals surface area contributed by atoms with Gasteiger partial charge in [-0.3, -0.25) is 0 Å². The first-order chi connectivity index (χ1) is 10.1. The van der Waals surface area contributed by atoms with Gasteiger partial charge in [-0.15, -0.1) is 0 Å². The molecular weight excluding hydrogens is 268 g/mol. The minimum atomic E-state index is 0.613. The molecule has 1 aromatic carbocycles. The molecule has 1 aromatic rings. The summed E-state index contributed by atoms with van der Waals surface area (Å²) >= 11 is 0. The van der Waals surface area contributed by atoms with Crippen LogP contribution in [-0.2, 0) is 0 Å². The van der Waals surface area contributed by atoms with E-state index in [1.165, 1.54) is 37.3 Å². The maximum atomic E-state index is 2.35. The van der Waals surface area contributed by atoms with E-state index in [1.54, 1.807) is 0 Å². The first-order valence-electron chi connectivity index (χ1n) is 8.84. The second kappa shape index (κ2) is 7.61. The minimum absolute atomic E-state index is 0.613. The van der Waals surface area contributed by atoms with Crippen molar-refractivity contribution in [3.8, 4) is 0 Å². The summed E-state index contributed by atoms with van der Waals surface area (Å²) in [6.07, 6.45) is 0. The van der Waals surface area contributed by atoms with E-state index < -0.39 is 0 Å². The topological polar surface area (TPSA) is 0 Å². The fourth-order valence-corrected chi connectivity index (χ4v) is 3.10. The van der Waals surface area contributed by atoms with Gasteiger partial charge < -0.3 is 8.97 Å². The second-order valence-corrected chi connectivity index (χ2v) is 8.34. The van der Waals surface area contributed by atoms with Crippen molar-refractivity contribution in [1.82, 2.24) is 0 Å². The summed E-state index contributed by atoms with van der Waals surface area (Å²) in [7, 11) is 9.27. The Morgan fingerprint density at radius 1 is 0.682 bits per heavy atom. The largest absolute Gasteiger partial charge is 0.328 e. The van der Waals surface area contributed by atoms with E-state index in [4.69, 9.17) is 0 Å². The van der Waals surface area contributed by atoms with Gasteiger partial charge in [0.05, 0.1) is 54.4 Å². The van der Waals surface area contributed by atoms with Gasteiger partial charge in [-0.25, -0.2) is 0 Å². The summed E-state index contributed by atoms with van der Waals surface area (Å²) in [5.41, 5.74) is 2.94. The predicted molar refractivity (Wildman–Crippen MR) is 98.3 cm³/mol. The van der Waals surface area contributed by atoms with E-state index in [2.05, 4.69) is 80.2 Å². The molecule has 126 valence electrons. The van der Waals surface area contributed by atoms with Gasteiger partial charge in [-0.1, -0.05) is 38.1 Å². The summed E-state index contributed by atoms with van der Waals surface area (Å²) in [5, 5.41) is 0. The number of quaternary nitrogens is 2. The van der Waals surface area contributed by atoms with Gasteiger partial charge in [0.2, 0.25) is 0 Å². The van der Waals surface area contributed by atoms with Crippen LogP contribution in [0.3, 0.4) is 0 Å². The van der Waals surface area contributed by atoms with E-state index in [0.29, 0.717) is 11.8 Å². The Labute approximate surface area is 138 Å². The smallest absolute Gasteiger partial charge is 0.0849 e. The molecule has 0 aliphatic heterocycles. The molecule has 0 amide bonds. The van der Waals surface area contributed by atoms with E-state index in [9.17, 15) is 0 Å². The van der Waals surface area contributed by atoms with Crippen LogP contribution in [0.2, 0.25) is 0 Å². The molecule has 2 atom stereocenters. The highest BCUT2D eigenvalue weighted by molar-refractivity contribution is 5.27. The van der Waals surface area contributed by atoms with Gasteiger partial charge in [0, 0.05) is 11.8 Å². The molecule has 0 aliphatic rings. The van der Waals surface area contributed by atoms with Crippen LogP contribution in [0.1, 0.15) is 50.7 Å². The zero-order chi connectivity index (χ0) is 17.0. The maximum absolute atomic E-state index is 2.35. The monoisotopic (exact) mass is 306 g/mol. The molecule has 22 heavy (non-hydrogen) atoms. The van der Waals surface area contributed by atoms with Crippen LogP contribution in [0.5, 0.6) is 0 Å². The third-order valence-corrected chi connectivity index (χ3v) is 5.32. The first-order valence-corrected chi connectivity index (χ1v) is 8.84. The first kappa shape index (κ1) is 19.2. The van der Waals surface area contributed by atoms with Crippen molar-refractivity contribution in [2.24, 2.45) is 0 Å². The van der Waals surface area contributed by atoms with Crippen molar-refractivity contribution in [3.05, 3.63) is 35.4 Å². The fraction of sp³-hybridized carbons (Fsp3) is 0.700. The average Bonchev–Trinajstić information content (AvgIpc) is 2.46. The molecule has 0 N–H and O–H groups in total. The van der Waals surface area contributed by atoms with Crippen molar-refractivity contribution >= 4 is 0 Å². The summed E-state index contributed by atoms with van der Waals surface area (Å²) < 4.78 is 2.17. The molecule has 0 aromatic heterocycles. The Hall–Kier alpha value is -0.860. The Balaban J connectivity index is 2.74. The Morgan fingerprint density at radius 3 is 1.18 bits per heavy atom. The van der Waals surface area contributed by atoms with Gasteiger partial charge in [-0.05, 0) is 25.0 Å². The standard InChI is InChI=1S/C20H38N2/c1-9-21(5,6)15-17(3)19-11-13-20(14-12-19)18(4)16-22(7,8)10-2/h11-14,17-18H,9-10,15-16H2,1-8H3/q+2. The molecule has 2 unspecified atom stereocenters. The molecule has 0 heterocycles.